The van der Waals surface area contributed by atoms with Crippen molar-refractivity contribution in [2.45, 2.75) is 160 Å². The van der Waals surface area contributed by atoms with Gasteiger partial charge >= 0.3 is 0 Å². The SMILES string of the molecule is C=CC1(CCCO)c2cc(-c3ccc4c(c3)C(C)(C)c3cc(-c5ccc6ccc7cc(C(C)(C)C)cc8ccc5c6c78)ccc3-4)ccc2-c2ccc(-c3ccc4c(c3)C(CC)(CC)c3cc(-c5ccc6c(c5)C(C=C)(CCCO)c5cc(-c7ccc8c(c7)C(C)(C)c7cc(-c9ccc%10ccc%11cc(C(C)(C)C)cc%12ccc9c%10c%11%12)ccc7-8)ccc5-6)ccc3-4)cc21. The molecule has 0 aliphatic heterocycles. The Morgan fingerprint density at radius 3 is 0.752 bits per heavy atom. The fourth-order valence-corrected chi connectivity index (χ4v) is 24.5. The Labute approximate surface area is 736 Å². The van der Waals surface area contributed by atoms with Crippen LogP contribution in [0.3, 0.4) is 0 Å². The van der Waals surface area contributed by atoms with Crippen LogP contribution < -0.4 is 0 Å². The molecule has 125 heavy (non-hydrogen) atoms. The molecule has 18 aromatic rings. The molecule has 2 heteroatoms. The zero-order valence-corrected chi connectivity index (χ0v) is 74.2. The average Bonchev–Trinajstić information content (AvgIpc) is 1.60. The second kappa shape index (κ2) is 27.2. The van der Waals surface area contributed by atoms with Crippen molar-refractivity contribution in [3.05, 3.63) is 371 Å². The first-order valence-corrected chi connectivity index (χ1v) is 45.8. The summed E-state index contributed by atoms with van der Waals surface area (Å²) in [5.74, 6) is 0. The van der Waals surface area contributed by atoms with Crippen LogP contribution in [0.15, 0.2) is 304 Å². The number of aliphatic hydroxyl groups is 2. The normalized spacial score (nSPS) is 17.0. The summed E-state index contributed by atoms with van der Waals surface area (Å²) >= 11 is 0. The lowest BCUT2D eigenvalue weighted by atomic mass is 9.72. The standard InChI is InChI=1S/C123H106O2/c1-15-121(16-2)107-63-75(79-33-47-99-97-45-31-77(65-109(97)122(17-3,53-19-55-124)111(99)67-79)73-27-41-91-93-49-35-81(69-105(93)119(11,12)103(91)61-73)89-39-25-71-21-23-83-57-87(117(5,6)7)59-85-37-51-101(89)115(71)113(83)85)29-43-95(107)96-44-30-76(64-108(96)121)80-34-48-100-98-46-32-78(66-110(98)123(18-4,54-20-56-125)112(100)68-80)74-28-42-92-94-50-36-82(70-106(94)120(13,14)104(92)62-74)90-40-26-72-22-24-84-58-88(118(8,9)10)60-86-38-52-102(90)116(72)114(84)86/h17-18,21-52,57-70,124-125H,3-4,15-16,19-20,53-56H2,1-2,5-14H3. The molecule has 0 bridgehead atoms. The van der Waals surface area contributed by atoms with Crippen molar-refractivity contribution in [2.75, 3.05) is 13.2 Å². The molecule has 2 atom stereocenters. The largest absolute Gasteiger partial charge is 0.396 e. The molecule has 18 aromatic carbocycles. The molecule has 0 radical (unpaired) electrons. The molecule has 5 aliphatic rings. The predicted octanol–water partition coefficient (Wildman–Crippen LogP) is 32.2. The van der Waals surface area contributed by atoms with Gasteiger partial charge in [0.25, 0.3) is 0 Å². The van der Waals surface area contributed by atoms with Crippen molar-refractivity contribution in [3.63, 3.8) is 0 Å². The highest BCUT2D eigenvalue weighted by Crippen LogP contribution is 2.61. The topological polar surface area (TPSA) is 40.5 Å². The van der Waals surface area contributed by atoms with E-state index in [0.29, 0.717) is 12.8 Å². The highest BCUT2D eigenvalue weighted by atomic mass is 16.3. The van der Waals surface area contributed by atoms with E-state index in [0.717, 1.165) is 25.7 Å². The van der Waals surface area contributed by atoms with Crippen molar-refractivity contribution in [2.24, 2.45) is 0 Å². The fourth-order valence-electron chi connectivity index (χ4n) is 24.5. The van der Waals surface area contributed by atoms with Crippen LogP contribution in [0.25, 0.3) is 187 Å². The minimum absolute atomic E-state index is 0.0591. The first kappa shape index (κ1) is 77.3. The van der Waals surface area contributed by atoms with E-state index in [9.17, 15) is 10.2 Å². The molecule has 0 saturated heterocycles. The van der Waals surface area contributed by atoms with Gasteiger partial charge in [-0.2, -0.15) is 0 Å². The van der Waals surface area contributed by atoms with E-state index in [1.54, 1.807) is 0 Å². The van der Waals surface area contributed by atoms with E-state index < -0.39 is 10.8 Å². The zero-order chi connectivity index (χ0) is 85.7. The van der Waals surface area contributed by atoms with Crippen LogP contribution in [-0.2, 0) is 37.9 Å². The average molecular weight is 1620 g/mol. The Bertz CT molecular complexity index is 7230. The van der Waals surface area contributed by atoms with Crippen molar-refractivity contribution >= 4 is 64.6 Å². The Hall–Kier alpha value is -12.6. The Morgan fingerprint density at radius 2 is 0.480 bits per heavy atom. The van der Waals surface area contributed by atoms with Gasteiger partial charge in [-0.05, 0) is 364 Å². The molecule has 2 unspecified atom stereocenters. The van der Waals surface area contributed by atoms with Crippen LogP contribution in [-0.4, -0.2) is 23.4 Å². The van der Waals surface area contributed by atoms with Gasteiger partial charge in [0.15, 0.2) is 0 Å². The quantitative estimate of drug-likeness (QED) is 0.0748. The molecule has 0 spiro atoms. The summed E-state index contributed by atoms with van der Waals surface area (Å²) in [5, 5.41) is 37.3. The minimum atomic E-state index is -0.522. The van der Waals surface area contributed by atoms with E-state index in [-0.39, 0.29) is 40.3 Å². The van der Waals surface area contributed by atoms with Crippen LogP contribution in [0.2, 0.25) is 0 Å². The molecule has 23 rings (SSSR count). The number of hydrogen-bond donors (Lipinski definition) is 2. The molecule has 0 heterocycles. The third-order valence-electron chi connectivity index (χ3n) is 31.5. The lowest BCUT2D eigenvalue weighted by molar-refractivity contribution is 0.276. The van der Waals surface area contributed by atoms with Crippen molar-refractivity contribution in [3.8, 4) is 122 Å². The summed E-state index contributed by atoms with van der Waals surface area (Å²) in [6.07, 6.45) is 9.05. The Balaban J connectivity index is 0.529. The Kier molecular flexibility index (Phi) is 16.8. The summed E-state index contributed by atoms with van der Waals surface area (Å²) in [4.78, 5) is 0. The molecule has 610 valence electrons. The third-order valence-corrected chi connectivity index (χ3v) is 31.5. The van der Waals surface area contributed by atoms with Crippen molar-refractivity contribution in [1.82, 2.24) is 0 Å². The number of allylic oxidation sites excluding steroid dienone is 2. The van der Waals surface area contributed by atoms with Gasteiger partial charge in [-0.25, -0.2) is 0 Å². The van der Waals surface area contributed by atoms with E-state index in [1.807, 2.05) is 0 Å². The van der Waals surface area contributed by atoms with E-state index in [2.05, 4.69) is 387 Å². The number of rotatable bonds is 16. The van der Waals surface area contributed by atoms with Gasteiger partial charge in [0.05, 0.1) is 0 Å². The zero-order valence-electron chi connectivity index (χ0n) is 74.2. The van der Waals surface area contributed by atoms with Crippen LogP contribution in [0.1, 0.15) is 188 Å². The van der Waals surface area contributed by atoms with E-state index >= 15 is 0 Å². The van der Waals surface area contributed by atoms with Crippen LogP contribution in [0, 0.1) is 0 Å². The molecule has 0 fully saturated rings. The Morgan fingerprint density at radius 1 is 0.256 bits per heavy atom. The second-order valence-electron chi connectivity index (χ2n) is 40.5. The molecule has 0 saturated carbocycles. The first-order valence-electron chi connectivity index (χ1n) is 45.8. The molecule has 5 aliphatic carbocycles. The summed E-state index contributed by atoms with van der Waals surface area (Å²) in [6.45, 7) is 37.8. The number of benzene rings is 18. The lowest BCUT2D eigenvalue weighted by Gasteiger charge is -2.31. The monoisotopic (exact) mass is 1610 g/mol. The van der Waals surface area contributed by atoms with Crippen LogP contribution in [0.5, 0.6) is 0 Å². The summed E-state index contributed by atoms with van der Waals surface area (Å²) < 4.78 is 0. The highest BCUT2D eigenvalue weighted by Gasteiger charge is 2.46. The van der Waals surface area contributed by atoms with E-state index in [4.69, 9.17) is 0 Å². The molecule has 2 N–H and O–H groups in total. The van der Waals surface area contributed by atoms with E-state index in [1.165, 1.54) is 254 Å². The summed E-state index contributed by atoms with van der Waals surface area (Å²) in [5.41, 5.74) is 41.7. The lowest BCUT2D eigenvalue weighted by Crippen LogP contribution is -2.23. The maximum Gasteiger partial charge on any atom is 0.0431 e. The first-order chi connectivity index (χ1) is 60.3. The maximum absolute atomic E-state index is 10.7. The van der Waals surface area contributed by atoms with Gasteiger partial charge in [0.1, 0.15) is 0 Å². The minimum Gasteiger partial charge on any atom is -0.396 e. The molecular weight excluding hydrogens is 1510 g/mol. The van der Waals surface area contributed by atoms with Gasteiger partial charge in [-0.15, -0.1) is 13.2 Å². The second-order valence-corrected chi connectivity index (χ2v) is 40.5. The van der Waals surface area contributed by atoms with Gasteiger partial charge in [-0.1, -0.05) is 314 Å². The molecule has 0 aromatic heterocycles. The summed E-state index contributed by atoms with van der Waals surface area (Å²) in [7, 11) is 0. The number of fused-ring (bicyclic) bond motifs is 15. The van der Waals surface area contributed by atoms with Crippen LogP contribution in [0.4, 0.5) is 0 Å². The van der Waals surface area contributed by atoms with Gasteiger partial charge in [-0.3, -0.25) is 0 Å². The van der Waals surface area contributed by atoms with Crippen molar-refractivity contribution < 1.29 is 10.2 Å². The number of hydrogen-bond acceptors (Lipinski definition) is 2. The fraction of sp³-hybridized carbons (Fsp3) is 0.220. The number of aliphatic hydroxyl groups excluding tert-OH is 2. The highest BCUT2D eigenvalue weighted by molar-refractivity contribution is 6.27. The predicted molar refractivity (Wildman–Crippen MR) is 531 cm³/mol. The van der Waals surface area contributed by atoms with Gasteiger partial charge in [0, 0.05) is 40.3 Å². The molecule has 0 amide bonds. The van der Waals surface area contributed by atoms with Gasteiger partial charge in [0.2, 0.25) is 0 Å². The molecular formula is C123H106O2. The van der Waals surface area contributed by atoms with Crippen LogP contribution >= 0.6 is 0 Å². The third kappa shape index (κ3) is 10.9. The maximum atomic E-state index is 10.7. The molecule has 2 nitrogen and oxygen atoms in total. The van der Waals surface area contributed by atoms with Gasteiger partial charge < -0.3 is 10.2 Å². The van der Waals surface area contributed by atoms with Crippen molar-refractivity contribution in [1.29, 1.82) is 0 Å². The smallest absolute Gasteiger partial charge is 0.0431 e. The summed E-state index contributed by atoms with van der Waals surface area (Å²) in [6, 6.07) is 110.